The largest absolute Gasteiger partial charge is 0.379 e. The molecule has 1 aliphatic rings. The molecule has 27 heavy (non-hydrogen) atoms. The van der Waals surface area contributed by atoms with Gasteiger partial charge in [0.2, 0.25) is 0 Å². The van der Waals surface area contributed by atoms with Crippen LogP contribution in [0.4, 0.5) is 4.79 Å². The number of morpholine rings is 1. The zero-order valence-electron chi connectivity index (χ0n) is 15.1. The molecule has 0 bridgehead atoms. The predicted octanol–water partition coefficient (Wildman–Crippen LogP) is 2.33. The quantitative estimate of drug-likeness (QED) is 0.767. The van der Waals surface area contributed by atoms with Crippen molar-refractivity contribution in [2.24, 2.45) is 0 Å². The minimum absolute atomic E-state index is 0.119. The molecule has 9 heteroatoms. The van der Waals surface area contributed by atoms with E-state index in [2.05, 4.69) is 10.6 Å². The molecule has 2 amide bonds. The van der Waals surface area contributed by atoms with E-state index in [4.69, 9.17) is 4.74 Å². The molecule has 3 rings (SSSR count). The van der Waals surface area contributed by atoms with Crippen molar-refractivity contribution in [1.29, 1.82) is 0 Å². The molecule has 146 valence electrons. The van der Waals surface area contributed by atoms with Crippen LogP contribution in [0.1, 0.15) is 23.4 Å². The lowest BCUT2D eigenvalue weighted by Crippen LogP contribution is -2.40. The molecule has 1 aromatic heterocycles. The summed E-state index contributed by atoms with van der Waals surface area (Å²) in [5.41, 5.74) is 1.02. The maximum absolute atomic E-state index is 12.6. The molecule has 2 aromatic rings. The van der Waals surface area contributed by atoms with Crippen LogP contribution >= 0.6 is 11.3 Å². The highest BCUT2D eigenvalue weighted by Gasteiger charge is 2.27. The molecule has 2 N–H and O–H groups in total. The number of carbonyl (C=O) groups is 1. The lowest BCUT2D eigenvalue weighted by Gasteiger charge is -2.25. The van der Waals surface area contributed by atoms with Crippen molar-refractivity contribution in [1.82, 2.24) is 14.9 Å². The molecule has 1 saturated heterocycles. The minimum Gasteiger partial charge on any atom is -0.379 e. The van der Waals surface area contributed by atoms with Crippen molar-refractivity contribution in [3.8, 4) is 0 Å². The van der Waals surface area contributed by atoms with E-state index in [1.807, 2.05) is 37.3 Å². The normalized spacial score (nSPS) is 16.6. The van der Waals surface area contributed by atoms with E-state index in [-0.39, 0.29) is 18.6 Å². The van der Waals surface area contributed by atoms with Crippen molar-refractivity contribution in [3.05, 3.63) is 52.9 Å². The van der Waals surface area contributed by atoms with Gasteiger partial charge in [-0.2, -0.15) is 4.31 Å². The first-order valence-electron chi connectivity index (χ1n) is 8.73. The second kappa shape index (κ2) is 8.83. The SMILES string of the molecule is C[C@@H](NC(=O)NCc1ccc(S(=O)(=O)N2CCOCC2)s1)c1ccccc1. The van der Waals surface area contributed by atoms with Gasteiger partial charge in [0, 0.05) is 18.0 Å². The Labute approximate surface area is 163 Å². The molecule has 0 unspecified atom stereocenters. The molecule has 2 heterocycles. The Morgan fingerprint density at radius 1 is 1.19 bits per heavy atom. The van der Waals surface area contributed by atoms with Crippen LogP contribution in [0.5, 0.6) is 0 Å². The van der Waals surface area contributed by atoms with E-state index < -0.39 is 10.0 Å². The molecule has 1 aromatic carbocycles. The van der Waals surface area contributed by atoms with E-state index in [0.717, 1.165) is 10.4 Å². The number of amides is 2. The summed E-state index contributed by atoms with van der Waals surface area (Å²) in [6.07, 6.45) is 0. The summed E-state index contributed by atoms with van der Waals surface area (Å²) >= 11 is 1.18. The highest BCUT2D eigenvalue weighted by atomic mass is 32.2. The van der Waals surface area contributed by atoms with Gasteiger partial charge in [-0.05, 0) is 24.6 Å². The summed E-state index contributed by atoms with van der Waals surface area (Å²) in [6, 6.07) is 12.6. The Kier molecular flexibility index (Phi) is 6.48. The van der Waals surface area contributed by atoms with Crippen LogP contribution in [0.15, 0.2) is 46.7 Å². The Bertz CT molecular complexity index is 862. The van der Waals surface area contributed by atoms with Crippen LogP contribution in [-0.4, -0.2) is 45.1 Å². The summed E-state index contributed by atoms with van der Waals surface area (Å²) in [6.45, 7) is 3.75. The summed E-state index contributed by atoms with van der Waals surface area (Å²) in [5.74, 6) is 0. The average molecular weight is 410 g/mol. The first-order valence-corrected chi connectivity index (χ1v) is 11.0. The summed E-state index contributed by atoms with van der Waals surface area (Å²) in [7, 11) is -3.49. The number of thiophene rings is 1. The zero-order valence-corrected chi connectivity index (χ0v) is 16.7. The summed E-state index contributed by atoms with van der Waals surface area (Å²) in [5, 5.41) is 5.65. The second-order valence-electron chi connectivity index (χ2n) is 6.20. The topological polar surface area (TPSA) is 87.7 Å². The highest BCUT2D eigenvalue weighted by Crippen LogP contribution is 2.25. The van der Waals surface area contributed by atoms with E-state index in [0.29, 0.717) is 30.5 Å². The van der Waals surface area contributed by atoms with Crippen molar-refractivity contribution in [2.75, 3.05) is 26.3 Å². The third kappa shape index (κ3) is 5.07. The molecule has 7 nitrogen and oxygen atoms in total. The van der Waals surface area contributed by atoms with Crippen LogP contribution in [-0.2, 0) is 21.3 Å². The van der Waals surface area contributed by atoms with Crippen LogP contribution in [0.3, 0.4) is 0 Å². The van der Waals surface area contributed by atoms with Crippen molar-refractivity contribution >= 4 is 27.4 Å². The molecule has 0 spiro atoms. The van der Waals surface area contributed by atoms with Crippen LogP contribution in [0.2, 0.25) is 0 Å². The van der Waals surface area contributed by atoms with E-state index >= 15 is 0 Å². The Morgan fingerprint density at radius 2 is 1.89 bits per heavy atom. The smallest absolute Gasteiger partial charge is 0.315 e. The maximum Gasteiger partial charge on any atom is 0.315 e. The second-order valence-corrected chi connectivity index (χ2v) is 9.53. The van der Waals surface area contributed by atoms with Crippen LogP contribution in [0.25, 0.3) is 0 Å². The fourth-order valence-corrected chi connectivity index (χ4v) is 5.60. The fraction of sp³-hybridized carbons (Fsp3) is 0.389. The van der Waals surface area contributed by atoms with Crippen molar-refractivity contribution in [2.45, 2.75) is 23.7 Å². The zero-order chi connectivity index (χ0) is 19.3. The number of nitrogens with one attached hydrogen (secondary N) is 2. The third-order valence-electron chi connectivity index (χ3n) is 4.27. The number of sulfonamides is 1. The number of ether oxygens (including phenoxy) is 1. The molecular formula is C18H23N3O4S2. The minimum atomic E-state index is -3.49. The van der Waals surface area contributed by atoms with Gasteiger partial charge in [-0.25, -0.2) is 13.2 Å². The van der Waals surface area contributed by atoms with Gasteiger partial charge >= 0.3 is 6.03 Å². The Morgan fingerprint density at radius 3 is 2.59 bits per heavy atom. The molecule has 1 aliphatic heterocycles. The standard InChI is InChI=1S/C18H23N3O4S2/c1-14(15-5-3-2-4-6-15)20-18(22)19-13-16-7-8-17(26-16)27(23,24)21-9-11-25-12-10-21/h2-8,14H,9-13H2,1H3,(H2,19,20,22)/t14-/m1/s1. The third-order valence-corrected chi connectivity index (χ3v) is 7.72. The molecular weight excluding hydrogens is 386 g/mol. The number of hydrogen-bond acceptors (Lipinski definition) is 5. The number of benzene rings is 1. The monoisotopic (exact) mass is 409 g/mol. The molecule has 1 fully saturated rings. The van der Waals surface area contributed by atoms with E-state index in [9.17, 15) is 13.2 Å². The molecule has 0 radical (unpaired) electrons. The van der Waals surface area contributed by atoms with Gasteiger partial charge in [-0.15, -0.1) is 11.3 Å². The summed E-state index contributed by atoms with van der Waals surface area (Å²) in [4.78, 5) is 12.9. The van der Waals surface area contributed by atoms with Crippen molar-refractivity contribution in [3.63, 3.8) is 0 Å². The predicted molar refractivity (Wildman–Crippen MR) is 104 cm³/mol. The lowest BCUT2D eigenvalue weighted by atomic mass is 10.1. The van der Waals surface area contributed by atoms with Gasteiger partial charge < -0.3 is 15.4 Å². The average Bonchev–Trinajstić information content (AvgIpc) is 3.18. The Hall–Kier alpha value is -1.94. The molecule has 1 atom stereocenters. The van der Waals surface area contributed by atoms with E-state index in [1.165, 1.54) is 15.6 Å². The van der Waals surface area contributed by atoms with Crippen LogP contribution in [0, 0.1) is 0 Å². The number of urea groups is 1. The van der Waals surface area contributed by atoms with Gasteiger partial charge in [0.05, 0.1) is 25.8 Å². The van der Waals surface area contributed by atoms with Gasteiger partial charge in [-0.1, -0.05) is 30.3 Å². The van der Waals surface area contributed by atoms with E-state index in [1.54, 1.807) is 12.1 Å². The summed E-state index contributed by atoms with van der Waals surface area (Å²) < 4.78 is 32.2. The van der Waals surface area contributed by atoms with Gasteiger partial charge in [0.25, 0.3) is 10.0 Å². The molecule has 0 aliphatic carbocycles. The van der Waals surface area contributed by atoms with Crippen LogP contribution < -0.4 is 10.6 Å². The molecule has 0 saturated carbocycles. The number of nitrogens with zero attached hydrogens (tertiary/aromatic N) is 1. The first-order chi connectivity index (χ1) is 13.0. The fourth-order valence-electron chi connectivity index (χ4n) is 2.75. The first kappa shape index (κ1) is 19.8. The number of hydrogen-bond donors (Lipinski definition) is 2. The van der Waals surface area contributed by atoms with Gasteiger partial charge in [0.1, 0.15) is 4.21 Å². The highest BCUT2D eigenvalue weighted by molar-refractivity contribution is 7.91. The van der Waals surface area contributed by atoms with Crippen molar-refractivity contribution < 1.29 is 17.9 Å². The van der Waals surface area contributed by atoms with Gasteiger partial charge in [0.15, 0.2) is 0 Å². The number of carbonyl (C=O) groups excluding carboxylic acids is 1. The Balaban J connectivity index is 1.54. The maximum atomic E-state index is 12.6. The van der Waals surface area contributed by atoms with Gasteiger partial charge in [-0.3, -0.25) is 0 Å². The number of rotatable bonds is 6. The lowest BCUT2D eigenvalue weighted by molar-refractivity contribution is 0.0731.